The van der Waals surface area contributed by atoms with Crippen LogP contribution >= 0.6 is 0 Å². The van der Waals surface area contributed by atoms with Gasteiger partial charge in [-0.2, -0.15) is 0 Å². The van der Waals surface area contributed by atoms with Crippen molar-refractivity contribution in [3.05, 3.63) is 35.9 Å². The number of carbonyl (C=O) groups excluding carboxylic acids is 1. The fraction of sp³-hybridized carbons (Fsp3) is 0.462. The summed E-state index contributed by atoms with van der Waals surface area (Å²) in [4.78, 5) is 13.7. The number of nitrogens with one attached hydrogen (secondary N) is 1. The summed E-state index contributed by atoms with van der Waals surface area (Å²) < 4.78 is 0. The summed E-state index contributed by atoms with van der Waals surface area (Å²) in [7, 11) is 1.77. The Bertz CT molecular complexity index is 380. The predicted octanol–water partition coefficient (Wildman–Crippen LogP) is 0.368. The average Bonchev–Trinajstić information content (AvgIpc) is 2.76. The first-order chi connectivity index (χ1) is 8.18. The Kier molecular flexibility index (Phi) is 3.76. The van der Waals surface area contributed by atoms with Crippen LogP contribution in [0.2, 0.25) is 0 Å². The Morgan fingerprint density at radius 2 is 2.18 bits per heavy atom. The second-order valence-electron chi connectivity index (χ2n) is 4.47. The highest BCUT2D eigenvalue weighted by molar-refractivity contribution is 5.82. The van der Waals surface area contributed by atoms with Crippen LogP contribution in [0.5, 0.6) is 0 Å². The monoisotopic (exact) mass is 234 g/mol. The van der Waals surface area contributed by atoms with Crippen LogP contribution in [-0.2, 0) is 11.3 Å². The maximum absolute atomic E-state index is 12.1. The van der Waals surface area contributed by atoms with Crippen molar-refractivity contribution in [2.24, 2.45) is 0 Å². The van der Waals surface area contributed by atoms with Crippen molar-refractivity contribution in [3.8, 4) is 0 Å². The molecule has 0 bridgehead atoms. The molecule has 17 heavy (non-hydrogen) atoms. The van der Waals surface area contributed by atoms with Gasteiger partial charge >= 0.3 is 0 Å². The van der Waals surface area contributed by atoms with Crippen molar-refractivity contribution in [1.82, 2.24) is 10.2 Å². The lowest BCUT2D eigenvalue weighted by Gasteiger charge is -2.23. The van der Waals surface area contributed by atoms with Crippen LogP contribution in [0.1, 0.15) is 12.0 Å². The lowest BCUT2D eigenvalue weighted by atomic mass is 10.1. The summed E-state index contributed by atoms with van der Waals surface area (Å²) >= 11 is 0. The molecule has 1 aromatic carbocycles. The van der Waals surface area contributed by atoms with Gasteiger partial charge < -0.3 is 15.3 Å². The van der Waals surface area contributed by atoms with E-state index in [9.17, 15) is 9.90 Å². The van der Waals surface area contributed by atoms with Crippen LogP contribution in [0.3, 0.4) is 0 Å². The number of hydrogen-bond donors (Lipinski definition) is 2. The first-order valence-electron chi connectivity index (χ1n) is 5.89. The highest BCUT2D eigenvalue weighted by atomic mass is 16.3. The summed E-state index contributed by atoms with van der Waals surface area (Å²) in [5, 5.41) is 12.7. The molecular weight excluding hydrogens is 216 g/mol. The molecule has 0 saturated carbocycles. The van der Waals surface area contributed by atoms with Gasteiger partial charge in [0.1, 0.15) is 6.04 Å². The van der Waals surface area contributed by atoms with Gasteiger partial charge in [0.2, 0.25) is 5.91 Å². The van der Waals surface area contributed by atoms with Crippen molar-refractivity contribution in [2.75, 3.05) is 13.6 Å². The van der Waals surface area contributed by atoms with E-state index in [1.807, 2.05) is 30.3 Å². The van der Waals surface area contributed by atoms with Gasteiger partial charge in [0.05, 0.1) is 6.10 Å². The van der Waals surface area contributed by atoms with Crippen LogP contribution in [0.15, 0.2) is 30.3 Å². The molecule has 1 unspecified atom stereocenters. The number of likely N-dealkylation sites (N-methyl/N-ethyl adjacent to an activating group) is 1. The number of amides is 1. The quantitative estimate of drug-likeness (QED) is 0.794. The Morgan fingerprint density at radius 3 is 2.76 bits per heavy atom. The SMILES string of the molecule is CN(Cc1ccccc1)C(=O)[C@H]1NCCC1O. The molecule has 1 heterocycles. The molecule has 92 valence electrons. The summed E-state index contributed by atoms with van der Waals surface area (Å²) in [5.74, 6) is -0.0427. The predicted molar refractivity (Wildman–Crippen MR) is 65.3 cm³/mol. The van der Waals surface area contributed by atoms with E-state index in [4.69, 9.17) is 0 Å². The Morgan fingerprint density at radius 1 is 1.47 bits per heavy atom. The zero-order chi connectivity index (χ0) is 12.3. The number of benzene rings is 1. The van der Waals surface area contributed by atoms with Gasteiger partial charge in [-0.05, 0) is 18.5 Å². The third kappa shape index (κ3) is 2.84. The molecule has 0 spiro atoms. The van der Waals surface area contributed by atoms with Crippen LogP contribution in [0.4, 0.5) is 0 Å². The minimum absolute atomic E-state index is 0.0427. The summed E-state index contributed by atoms with van der Waals surface area (Å²) in [6.45, 7) is 1.28. The van der Waals surface area contributed by atoms with E-state index in [0.717, 1.165) is 5.56 Å². The summed E-state index contributed by atoms with van der Waals surface area (Å²) in [6.07, 6.45) is 0.0935. The molecule has 2 atom stereocenters. The fourth-order valence-corrected chi connectivity index (χ4v) is 2.11. The molecule has 1 aromatic rings. The Hall–Kier alpha value is -1.39. The van der Waals surface area contributed by atoms with Gasteiger partial charge in [-0.25, -0.2) is 0 Å². The largest absolute Gasteiger partial charge is 0.391 e. The standard InChI is InChI=1S/C13H18N2O2/c1-15(9-10-5-3-2-4-6-10)13(17)12-11(16)7-8-14-12/h2-6,11-12,14,16H,7-9H2,1H3/t11?,12-/m0/s1. The van der Waals surface area contributed by atoms with Gasteiger partial charge in [-0.15, -0.1) is 0 Å². The molecule has 1 saturated heterocycles. The van der Waals surface area contributed by atoms with E-state index in [1.54, 1.807) is 11.9 Å². The Balaban J connectivity index is 1.96. The molecular formula is C13H18N2O2. The zero-order valence-electron chi connectivity index (χ0n) is 9.97. The third-order valence-corrected chi connectivity index (χ3v) is 3.09. The molecule has 4 nitrogen and oxygen atoms in total. The number of carbonyl (C=O) groups is 1. The molecule has 1 aliphatic heterocycles. The minimum atomic E-state index is -0.555. The molecule has 0 radical (unpaired) electrons. The fourth-order valence-electron chi connectivity index (χ4n) is 2.11. The first-order valence-corrected chi connectivity index (χ1v) is 5.89. The van der Waals surface area contributed by atoms with Gasteiger partial charge in [0.25, 0.3) is 0 Å². The Labute approximate surface area is 101 Å². The lowest BCUT2D eigenvalue weighted by Crippen LogP contribution is -2.46. The normalized spacial score (nSPS) is 23.6. The van der Waals surface area contributed by atoms with Gasteiger partial charge in [0, 0.05) is 13.6 Å². The summed E-state index contributed by atoms with van der Waals surface area (Å²) in [5.41, 5.74) is 1.09. The topological polar surface area (TPSA) is 52.6 Å². The van der Waals surface area contributed by atoms with E-state index in [1.165, 1.54) is 0 Å². The smallest absolute Gasteiger partial charge is 0.242 e. The van der Waals surface area contributed by atoms with E-state index >= 15 is 0 Å². The van der Waals surface area contributed by atoms with Crippen LogP contribution < -0.4 is 5.32 Å². The van der Waals surface area contributed by atoms with Gasteiger partial charge in [0.15, 0.2) is 0 Å². The molecule has 1 aliphatic rings. The van der Waals surface area contributed by atoms with Crippen molar-refractivity contribution in [2.45, 2.75) is 25.1 Å². The zero-order valence-corrected chi connectivity index (χ0v) is 9.97. The van der Waals surface area contributed by atoms with E-state index in [0.29, 0.717) is 19.5 Å². The van der Waals surface area contributed by atoms with E-state index in [-0.39, 0.29) is 5.91 Å². The molecule has 2 rings (SSSR count). The van der Waals surface area contributed by atoms with Crippen molar-refractivity contribution in [3.63, 3.8) is 0 Å². The second-order valence-corrected chi connectivity index (χ2v) is 4.47. The van der Waals surface area contributed by atoms with Crippen molar-refractivity contribution >= 4 is 5.91 Å². The molecule has 1 fully saturated rings. The highest BCUT2D eigenvalue weighted by Gasteiger charge is 2.32. The highest BCUT2D eigenvalue weighted by Crippen LogP contribution is 2.11. The van der Waals surface area contributed by atoms with Gasteiger partial charge in [-0.3, -0.25) is 4.79 Å². The van der Waals surface area contributed by atoms with Crippen molar-refractivity contribution in [1.29, 1.82) is 0 Å². The third-order valence-electron chi connectivity index (χ3n) is 3.09. The second kappa shape index (κ2) is 5.29. The number of aliphatic hydroxyl groups excluding tert-OH is 1. The number of rotatable bonds is 3. The van der Waals surface area contributed by atoms with E-state index in [2.05, 4.69) is 5.32 Å². The number of hydrogen-bond acceptors (Lipinski definition) is 3. The summed E-state index contributed by atoms with van der Waals surface area (Å²) in [6, 6.07) is 9.40. The van der Waals surface area contributed by atoms with Crippen LogP contribution in [-0.4, -0.2) is 41.7 Å². The maximum atomic E-state index is 12.1. The number of aliphatic hydroxyl groups is 1. The molecule has 0 aromatic heterocycles. The van der Waals surface area contributed by atoms with E-state index < -0.39 is 12.1 Å². The molecule has 2 N–H and O–H groups in total. The first kappa shape index (κ1) is 12.1. The molecule has 1 amide bonds. The molecule has 4 heteroatoms. The molecule has 0 aliphatic carbocycles. The lowest BCUT2D eigenvalue weighted by molar-refractivity contribution is -0.134. The minimum Gasteiger partial charge on any atom is -0.391 e. The van der Waals surface area contributed by atoms with Crippen molar-refractivity contribution < 1.29 is 9.90 Å². The van der Waals surface area contributed by atoms with Crippen LogP contribution in [0.25, 0.3) is 0 Å². The average molecular weight is 234 g/mol. The maximum Gasteiger partial charge on any atom is 0.242 e. The number of nitrogens with zero attached hydrogens (tertiary/aromatic N) is 1. The van der Waals surface area contributed by atoms with Crippen LogP contribution in [0, 0.1) is 0 Å². The van der Waals surface area contributed by atoms with Gasteiger partial charge in [-0.1, -0.05) is 30.3 Å².